The third kappa shape index (κ3) is 1.85. The van der Waals surface area contributed by atoms with E-state index in [0.717, 1.165) is 13.0 Å². The van der Waals surface area contributed by atoms with E-state index in [1.165, 1.54) is 36.1 Å². The second-order valence-electron chi connectivity index (χ2n) is 3.73. The zero-order valence-corrected chi connectivity index (χ0v) is 8.27. The fourth-order valence-electron chi connectivity index (χ4n) is 1.89. The third-order valence-electron chi connectivity index (χ3n) is 2.77. The smallest absolute Gasteiger partial charge is 0.0375 e. The summed E-state index contributed by atoms with van der Waals surface area (Å²) < 4.78 is 0. The van der Waals surface area contributed by atoms with Gasteiger partial charge in [-0.3, -0.25) is 0 Å². The Labute approximate surface area is 80.2 Å². The highest BCUT2D eigenvalue weighted by atomic mass is 14.9. The van der Waals surface area contributed by atoms with Gasteiger partial charge in [0.25, 0.3) is 0 Å². The Morgan fingerprint density at radius 2 is 2.23 bits per heavy atom. The maximum atomic E-state index is 3.50. The van der Waals surface area contributed by atoms with Gasteiger partial charge in [0, 0.05) is 12.2 Å². The lowest BCUT2D eigenvalue weighted by molar-refractivity contribution is 0.785. The molecule has 0 amide bonds. The summed E-state index contributed by atoms with van der Waals surface area (Å²) in [4.78, 5) is 0. The van der Waals surface area contributed by atoms with E-state index >= 15 is 0 Å². The molecule has 0 saturated heterocycles. The first-order valence-corrected chi connectivity index (χ1v) is 5.26. The second-order valence-corrected chi connectivity index (χ2v) is 3.73. The number of nitrogens with one attached hydrogen (secondary N) is 1. The molecule has 1 aliphatic rings. The first-order chi connectivity index (χ1) is 6.40. The Morgan fingerprint density at radius 3 is 3.08 bits per heavy atom. The monoisotopic (exact) mass is 175 g/mol. The summed E-state index contributed by atoms with van der Waals surface area (Å²) in [5, 5.41) is 3.50. The third-order valence-corrected chi connectivity index (χ3v) is 2.77. The SMILES string of the molecule is CCc1ccc2c(c1)NCCCC2. The Morgan fingerprint density at radius 1 is 1.31 bits per heavy atom. The normalized spacial score (nSPS) is 15.8. The van der Waals surface area contributed by atoms with Gasteiger partial charge in [-0.15, -0.1) is 0 Å². The molecule has 1 heteroatoms. The van der Waals surface area contributed by atoms with Crippen LogP contribution in [0, 0.1) is 0 Å². The predicted octanol–water partition coefficient (Wildman–Crippen LogP) is 3.00. The summed E-state index contributed by atoms with van der Waals surface area (Å²) in [6, 6.07) is 6.85. The lowest BCUT2D eigenvalue weighted by Gasteiger charge is -2.08. The molecule has 0 aromatic heterocycles. The molecule has 1 heterocycles. The number of anilines is 1. The Bertz CT molecular complexity index is 291. The average Bonchev–Trinajstić information content (AvgIpc) is 2.41. The van der Waals surface area contributed by atoms with E-state index in [0.29, 0.717) is 0 Å². The lowest BCUT2D eigenvalue weighted by atomic mass is 10.0. The minimum atomic E-state index is 1.13. The molecule has 0 aliphatic carbocycles. The first-order valence-electron chi connectivity index (χ1n) is 5.26. The standard InChI is InChI=1S/C12H17N/c1-2-10-6-7-11-5-3-4-8-13-12(11)9-10/h6-7,9,13H,2-5,8H2,1H3. The van der Waals surface area contributed by atoms with Crippen LogP contribution in [-0.4, -0.2) is 6.54 Å². The average molecular weight is 175 g/mol. The fourth-order valence-corrected chi connectivity index (χ4v) is 1.89. The van der Waals surface area contributed by atoms with E-state index in [1.54, 1.807) is 0 Å². The zero-order chi connectivity index (χ0) is 9.10. The zero-order valence-electron chi connectivity index (χ0n) is 8.27. The van der Waals surface area contributed by atoms with Gasteiger partial charge in [-0.05, 0) is 42.9 Å². The molecule has 0 atom stereocenters. The first kappa shape index (κ1) is 8.61. The van der Waals surface area contributed by atoms with Crippen molar-refractivity contribution in [3.63, 3.8) is 0 Å². The number of aryl methyl sites for hydroxylation is 2. The van der Waals surface area contributed by atoms with Crippen LogP contribution in [0.4, 0.5) is 5.69 Å². The molecule has 0 saturated carbocycles. The van der Waals surface area contributed by atoms with Crippen molar-refractivity contribution in [1.82, 2.24) is 0 Å². The van der Waals surface area contributed by atoms with Crippen LogP contribution in [0.15, 0.2) is 18.2 Å². The minimum Gasteiger partial charge on any atom is -0.385 e. The largest absolute Gasteiger partial charge is 0.385 e. The van der Waals surface area contributed by atoms with Crippen LogP contribution in [0.5, 0.6) is 0 Å². The molecule has 1 N–H and O–H groups in total. The van der Waals surface area contributed by atoms with Gasteiger partial charge in [0.05, 0.1) is 0 Å². The van der Waals surface area contributed by atoms with E-state index in [-0.39, 0.29) is 0 Å². The van der Waals surface area contributed by atoms with Crippen molar-refractivity contribution in [2.75, 3.05) is 11.9 Å². The molecule has 1 aliphatic heterocycles. The summed E-state index contributed by atoms with van der Waals surface area (Å²) in [7, 11) is 0. The molecule has 0 fully saturated rings. The molecular formula is C12H17N. The van der Waals surface area contributed by atoms with Gasteiger partial charge < -0.3 is 5.32 Å². The molecule has 0 spiro atoms. The molecule has 0 unspecified atom stereocenters. The molecule has 2 rings (SSSR count). The summed E-state index contributed by atoms with van der Waals surface area (Å²) in [6.45, 7) is 3.35. The molecule has 1 aromatic carbocycles. The number of fused-ring (bicyclic) bond motifs is 1. The summed E-state index contributed by atoms with van der Waals surface area (Å²) in [5.74, 6) is 0. The number of rotatable bonds is 1. The number of hydrogen-bond acceptors (Lipinski definition) is 1. The van der Waals surface area contributed by atoms with Gasteiger partial charge >= 0.3 is 0 Å². The van der Waals surface area contributed by atoms with Crippen LogP contribution < -0.4 is 5.32 Å². The van der Waals surface area contributed by atoms with Crippen LogP contribution in [0.1, 0.15) is 30.9 Å². The van der Waals surface area contributed by atoms with Crippen molar-refractivity contribution in [3.05, 3.63) is 29.3 Å². The van der Waals surface area contributed by atoms with Crippen molar-refractivity contribution in [3.8, 4) is 0 Å². The second kappa shape index (κ2) is 3.82. The molecular weight excluding hydrogens is 158 g/mol. The van der Waals surface area contributed by atoms with Crippen molar-refractivity contribution in [1.29, 1.82) is 0 Å². The van der Waals surface area contributed by atoms with Crippen LogP contribution in [0.3, 0.4) is 0 Å². The van der Waals surface area contributed by atoms with Gasteiger partial charge in [-0.25, -0.2) is 0 Å². The van der Waals surface area contributed by atoms with E-state index in [4.69, 9.17) is 0 Å². The van der Waals surface area contributed by atoms with Gasteiger partial charge in [0.1, 0.15) is 0 Å². The molecule has 0 radical (unpaired) electrons. The van der Waals surface area contributed by atoms with Gasteiger partial charge in [-0.1, -0.05) is 19.1 Å². The Balaban J connectivity index is 2.32. The highest BCUT2D eigenvalue weighted by Gasteiger charge is 2.06. The highest BCUT2D eigenvalue weighted by Crippen LogP contribution is 2.22. The Kier molecular flexibility index (Phi) is 2.53. The van der Waals surface area contributed by atoms with Crippen LogP contribution >= 0.6 is 0 Å². The molecule has 70 valence electrons. The summed E-state index contributed by atoms with van der Waals surface area (Å²) in [6.07, 6.45) is 5.00. The van der Waals surface area contributed by atoms with Crippen LogP contribution in [0.2, 0.25) is 0 Å². The van der Waals surface area contributed by atoms with Crippen LogP contribution in [0.25, 0.3) is 0 Å². The molecule has 1 nitrogen and oxygen atoms in total. The van der Waals surface area contributed by atoms with Crippen molar-refractivity contribution in [2.24, 2.45) is 0 Å². The fraction of sp³-hybridized carbons (Fsp3) is 0.500. The van der Waals surface area contributed by atoms with Gasteiger partial charge in [0.15, 0.2) is 0 Å². The van der Waals surface area contributed by atoms with E-state index in [9.17, 15) is 0 Å². The topological polar surface area (TPSA) is 12.0 Å². The van der Waals surface area contributed by atoms with E-state index in [1.807, 2.05) is 0 Å². The maximum absolute atomic E-state index is 3.50. The van der Waals surface area contributed by atoms with Crippen molar-refractivity contribution in [2.45, 2.75) is 32.6 Å². The highest BCUT2D eigenvalue weighted by molar-refractivity contribution is 5.54. The summed E-state index contributed by atoms with van der Waals surface area (Å²) >= 11 is 0. The van der Waals surface area contributed by atoms with Crippen molar-refractivity contribution < 1.29 is 0 Å². The lowest BCUT2D eigenvalue weighted by Crippen LogP contribution is -1.99. The van der Waals surface area contributed by atoms with Gasteiger partial charge in [-0.2, -0.15) is 0 Å². The maximum Gasteiger partial charge on any atom is 0.0375 e. The predicted molar refractivity (Wildman–Crippen MR) is 57.2 cm³/mol. The molecule has 1 aromatic rings. The molecule has 0 bridgehead atoms. The summed E-state index contributed by atoms with van der Waals surface area (Å²) in [5.41, 5.74) is 4.31. The molecule has 13 heavy (non-hydrogen) atoms. The quantitative estimate of drug-likeness (QED) is 0.692. The van der Waals surface area contributed by atoms with Crippen LogP contribution in [-0.2, 0) is 12.8 Å². The Hall–Kier alpha value is -0.980. The van der Waals surface area contributed by atoms with E-state index < -0.39 is 0 Å². The number of benzene rings is 1. The minimum absolute atomic E-state index is 1.13. The van der Waals surface area contributed by atoms with Crippen molar-refractivity contribution >= 4 is 5.69 Å². The van der Waals surface area contributed by atoms with Gasteiger partial charge in [0.2, 0.25) is 0 Å². The van der Waals surface area contributed by atoms with E-state index in [2.05, 4.69) is 30.4 Å². The number of hydrogen-bond donors (Lipinski definition) is 1.